The Hall–Kier alpha value is -1.51. The fourth-order valence-corrected chi connectivity index (χ4v) is 4.19. The van der Waals surface area contributed by atoms with Crippen molar-refractivity contribution in [1.82, 2.24) is 0 Å². The quantitative estimate of drug-likeness (QED) is 0.635. The van der Waals surface area contributed by atoms with Crippen LogP contribution in [0.25, 0.3) is 0 Å². The molecule has 1 aliphatic carbocycles. The predicted molar refractivity (Wildman–Crippen MR) is 89.2 cm³/mol. The zero-order valence-corrected chi connectivity index (χ0v) is 13.2. The first kappa shape index (κ1) is 14.1. The second-order valence-corrected chi connectivity index (χ2v) is 6.63. The van der Waals surface area contributed by atoms with E-state index in [1.165, 1.54) is 11.6 Å². The molecule has 0 saturated heterocycles. The van der Waals surface area contributed by atoms with Gasteiger partial charge in [0, 0.05) is 16.5 Å². The molecule has 112 valence electrons. The lowest BCUT2D eigenvalue weighted by molar-refractivity contribution is 0.413. The summed E-state index contributed by atoms with van der Waals surface area (Å²) in [4.78, 5) is 0. The van der Waals surface area contributed by atoms with Crippen LogP contribution in [0.1, 0.15) is 29.5 Å². The van der Waals surface area contributed by atoms with E-state index in [1.54, 1.807) is 12.1 Å². The summed E-state index contributed by atoms with van der Waals surface area (Å²) < 4.78 is 14.4. The van der Waals surface area contributed by atoms with Gasteiger partial charge in [0.05, 0.1) is 16.8 Å². The monoisotopic (exact) mass is 333 g/mol. The van der Waals surface area contributed by atoms with Crippen molar-refractivity contribution in [1.29, 1.82) is 0 Å². The van der Waals surface area contributed by atoms with E-state index in [0.29, 0.717) is 15.6 Å². The van der Waals surface area contributed by atoms with E-state index >= 15 is 0 Å². The van der Waals surface area contributed by atoms with E-state index in [4.69, 9.17) is 23.2 Å². The van der Waals surface area contributed by atoms with Gasteiger partial charge in [0.25, 0.3) is 0 Å². The molecule has 1 nitrogen and oxygen atoms in total. The summed E-state index contributed by atoms with van der Waals surface area (Å²) in [5.41, 5.74) is 2.60. The second kappa shape index (κ2) is 5.29. The molecule has 2 aromatic carbocycles. The van der Waals surface area contributed by atoms with Gasteiger partial charge < -0.3 is 5.32 Å². The van der Waals surface area contributed by atoms with Gasteiger partial charge in [0.15, 0.2) is 0 Å². The molecule has 0 unspecified atom stereocenters. The number of fused-ring (bicyclic) bond motifs is 3. The maximum Gasteiger partial charge on any atom is 0.129 e. The standard InChI is InChI=1S/C18H14Cl2FN/c19-13-7-3-9-15(21)16(13)18-12-5-1-4-10(12)11-6-2-8-14(20)17(11)22-18/h1-4,6-10,12,18,22H,5H2/t10-,12-,18+/m0/s1. The summed E-state index contributed by atoms with van der Waals surface area (Å²) in [6.45, 7) is 0. The van der Waals surface area contributed by atoms with E-state index in [-0.39, 0.29) is 23.7 Å². The molecule has 22 heavy (non-hydrogen) atoms. The van der Waals surface area contributed by atoms with Crippen molar-refractivity contribution in [2.24, 2.45) is 5.92 Å². The third-order valence-corrected chi connectivity index (χ3v) is 5.30. The van der Waals surface area contributed by atoms with E-state index in [9.17, 15) is 4.39 Å². The number of hydrogen-bond donors (Lipinski definition) is 1. The molecular formula is C18H14Cl2FN. The Bertz CT molecular complexity index is 751. The van der Waals surface area contributed by atoms with Crippen LogP contribution >= 0.6 is 23.2 Å². The van der Waals surface area contributed by atoms with Crippen LogP contribution in [0.5, 0.6) is 0 Å². The molecule has 0 fully saturated rings. The highest BCUT2D eigenvalue weighted by atomic mass is 35.5. The van der Waals surface area contributed by atoms with Crippen molar-refractivity contribution < 1.29 is 4.39 Å². The molecule has 0 radical (unpaired) electrons. The van der Waals surface area contributed by atoms with Gasteiger partial charge >= 0.3 is 0 Å². The zero-order chi connectivity index (χ0) is 15.3. The summed E-state index contributed by atoms with van der Waals surface area (Å²) in [5, 5.41) is 4.56. The van der Waals surface area contributed by atoms with E-state index < -0.39 is 0 Å². The van der Waals surface area contributed by atoms with Gasteiger partial charge in [0.2, 0.25) is 0 Å². The Kier molecular flexibility index (Phi) is 3.39. The molecule has 3 atom stereocenters. The van der Waals surface area contributed by atoms with Crippen molar-refractivity contribution in [2.75, 3.05) is 5.32 Å². The molecule has 0 aromatic heterocycles. The Morgan fingerprint density at radius 3 is 2.64 bits per heavy atom. The van der Waals surface area contributed by atoms with Crippen LogP contribution in [0.15, 0.2) is 48.6 Å². The first-order chi connectivity index (χ1) is 10.7. The topological polar surface area (TPSA) is 12.0 Å². The van der Waals surface area contributed by atoms with Crippen molar-refractivity contribution >= 4 is 28.9 Å². The lowest BCUT2D eigenvalue weighted by Gasteiger charge is -2.38. The maximum absolute atomic E-state index is 14.4. The Balaban J connectivity index is 1.88. The Labute approximate surface area is 138 Å². The number of halogens is 3. The molecule has 2 aliphatic rings. The molecule has 0 amide bonds. The van der Waals surface area contributed by atoms with Gasteiger partial charge in [-0.2, -0.15) is 0 Å². The summed E-state index contributed by atoms with van der Waals surface area (Å²) in [7, 11) is 0. The predicted octanol–water partition coefficient (Wildman–Crippen LogP) is 5.96. The third kappa shape index (κ3) is 2.05. The maximum atomic E-state index is 14.4. The summed E-state index contributed by atoms with van der Waals surface area (Å²) in [5.74, 6) is 0.224. The van der Waals surface area contributed by atoms with Gasteiger partial charge in [-0.15, -0.1) is 0 Å². The van der Waals surface area contributed by atoms with Gasteiger partial charge in [-0.3, -0.25) is 0 Å². The highest BCUT2D eigenvalue weighted by Gasteiger charge is 2.40. The minimum absolute atomic E-state index is 0.180. The lowest BCUT2D eigenvalue weighted by Crippen LogP contribution is -2.30. The minimum atomic E-state index is -0.272. The second-order valence-electron chi connectivity index (χ2n) is 5.81. The molecular weight excluding hydrogens is 320 g/mol. The molecule has 0 bridgehead atoms. The largest absolute Gasteiger partial charge is 0.376 e. The fourth-order valence-electron chi connectivity index (χ4n) is 3.68. The van der Waals surface area contributed by atoms with E-state index in [0.717, 1.165) is 12.1 Å². The Morgan fingerprint density at radius 2 is 1.82 bits per heavy atom. The summed E-state index contributed by atoms with van der Waals surface area (Å²) in [6.07, 6.45) is 5.26. The number of anilines is 1. The van der Waals surface area contributed by atoms with Crippen LogP contribution in [0, 0.1) is 11.7 Å². The van der Waals surface area contributed by atoms with Crippen LogP contribution in [-0.4, -0.2) is 0 Å². The van der Waals surface area contributed by atoms with Crippen LogP contribution in [0.4, 0.5) is 10.1 Å². The first-order valence-corrected chi connectivity index (χ1v) is 8.08. The van der Waals surface area contributed by atoms with Crippen molar-refractivity contribution in [3.63, 3.8) is 0 Å². The number of rotatable bonds is 1. The zero-order valence-electron chi connectivity index (χ0n) is 11.7. The van der Waals surface area contributed by atoms with Crippen LogP contribution in [0.2, 0.25) is 10.0 Å². The minimum Gasteiger partial charge on any atom is -0.376 e. The van der Waals surface area contributed by atoms with Crippen LogP contribution < -0.4 is 5.32 Å². The van der Waals surface area contributed by atoms with Crippen molar-refractivity contribution in [3.05, 3.63) is 75.5 Å². The first-order valence-electron chi connectivity index (χ1n) is 7.32. The highest BCUT2D eigenvalue weighted by Crippen LogP contribution is 2.52. The average Bonchev–Trinajstić information content (AvgIpc) is 2.98. The fraction of sp³-hybridized carbons (Fsp3) is 0.222. The average molecular weight is 334 g/mol. The smallest absolute Gasteiger partial charge is 0.129 e. The highest BCUT2D eigenvalue weighted by molar-refractivity contribution is 6.33. The molecule has 1 N–H and O–H groups in total. The molecule has 1 heterocycles. The molecule has 0 spiro atoms. The molecule has 0 saturated carbocycles. The molecule has 4 rings (SSSR count). The molecule has 2 aromatic rings. The van der Waals surface area contributed by atoms with Gasteiger partial charge in [-0.25, -0.2) is 4.39 Å². The van der Waals surface area contributed by atoms with Gasteiger partial charge in [0.1, 0.15) is 5.82 Å². The molecule has 1 aliphatic heterocycles. The SMILES string of the molecule is Fc1cccc(Cl)c1[C@@H]1Nc2c(Cl)cccc2[C@@H]2C=CC[C@@H]21. The normalized spacial score (nSPS) is 25.5. The van der Waals surface area contributed by atoms with E-state index in [2.05, 4.69) is 23.5 Å². The number of allylic oxidation sites excluding steroid dienone is 2. The van der Waals surface area contributed by atoms with Crippen molar-refractivity contribution in [3.8, 4) is 0 Å². The number of nitrogens with one attached hydrogen (secondary N) is 1. The third-order valence-electron chi connectivity index (χ3n) is 4.66. The van der Waals surface area contributed by atoms with Crippen molar-refractivity contribution in [2.45, 2.75) is 18.4 Å². The van der Waals surface area contributed by atoms with Gasteiger partial charge in [-0.05, 0) is 36.1 Å². The van der Waals surface area contributed by atoms with Gasteiger partial charge in [-0.1, -0.05) is 53.6 Å². The number of benzene rings is 2. The summed E-state index contributed by atoms with van der Waals surface area (Å²) >= 11 is 12.6. The lowest BCUT2D eigenvalue weighted by atomic mass is 9.77. The van der Waals surface area contributed by atoms with Crippen LogP contribution in [0.3, 0.4) is 0 Å². The number of hydrogen-bond acceptors (Lipinski definition) is 1. The number of para-hydroxylation sites is 1. The van der Waals surface area contributed by atoms with Crippen LogP contribution in [-0.2, 0) is 0 Å². The molecule has 4 heteroatoms. The van der Waals surface area contributed by atoms with E-state index in [1.807, 2.05) is 12.1 Å². The summed E-state index contributed by atoms with van der Waals surface area (Å²) in [6, 6.07) is 10.6. The Morgan fingerprint density at radius 1 is 1.05 bits per heavy atom.